The Morgan fingerprint density at radius 1 is 1.47 bits per heavy atom. The first kappa shape index (κ1) is 12.1. The first-order chi connectivity index (χ1) is 9.28. The molecule has 6 heteroatoms. The molecule has 0 spiro atoms. The molecule has 0 bridgehead atoms. The average Bonchev–Trinajstić information content (AvgIpc) is 3.17. The second-order valence-corrected chi connectivity index (χ2v) is 4.78. The Balaban J connectivity index is 1.84. The van der Waals surface area contributed by atoms with Crippen molar-refractivity contribution >= 4 is 17.2 Å². The molecule has 1 saturated carbocycles. The summed E-state index contributed by atoms with van der Waals surface area (Å²) in [7, 11) is 0. The highest BCUT2D eigenvalue weighted by Crippen LogP contribution is 2.30. The fourth-order valence-corrected chi connectivity index (χ4v) is 2.05. The highest BCUT2D eigenvalue weighted by atomic mass is 16.3. The van der Waals surface area contributed by atoms with Crippen molar-refractivity contribution in [2.24, 2.45) is 5.92 Å². The third-order valence-corrected chi connectivity index (χ3v) is 3.19. The van der Waals surface area contributed by atoms with E-state index in [4.69, 9.17) is 5.11 Å². The molecular weight excluding hydrogens is 244 g/mol. The topological polar surface area (TPSA) is 79.5 Å². The molecule has 3 rings (SSSR count). The summed E-state index contributed by atoms with van der Waals surface area (Å²) in [6.07, 6.45) is 2.33. The van der Waals surface area contributed by atoms with Crippen molar-refractivity contribution in [3.05, 3.63) is 24.0 Å². The summed E-state index contributed by atoms with van der Waals surface area (Å²) < 4.78 is 1.67. The highest BCUT2D eigenvalue weighted by molar-refractivity contribution is 5.84. The molecule has 0 unspecified atom stereocenters. The van der Waals surface area contributed by atoms with Crippen LogP contribution in [0.15, 0.2) is 18.2 Å². The van der Waals surface area contributed by atoms with Gasteiger partial charge in [0.15, 0.2) is 11.5 Å². The van der Waals surface area contributed by atoms with E-state index in [1.54, 1.807) is 4.52 Å². The number of hydrogen-bond donors (Lipinski definition) is 2. The summed E-state index contributed by atoms with van der Waals surface area (Å²) in [5.74, 6) is 1.80. The zero-order chi connectivity index (χ0) is 13.2. The lowest BCUT2D eigenvalue weighted by atomic mass is 10.2. The SMILES string of the molecule is O=C(Cc1nc2cccc(NCCO)n2n1)C1CC1. The van der Waals surface area contributed by atoms with Crippen molar-refractivity contribution < 1.29 is 9.90 Å². The number of aromatic nitrogens is 3. The van der Waals surface area contributed by atoms with Crippen molar-refractivity contribution in [1.82, 2.24) is 14.6 Å². The van der Waals surface area contributed by atoms with Gasteiger partial charge in [0.1, 0.15) is 11.6 Å². The van der Waals surface area contributed by atoms with Crippen LogP contribution < -0.4 is 5.32 Å². The van der Waals surface area contributed by atoms with E-state index >= 15 is 0 Å². The molecular formula is C13H16N4O2. The Labute approximate surface area is 110 Å². The molecule has 0 aliphatic heterocycles. The molecule has 0 radical (unpaired) electrons. The van der Waals surface area contributed by atoms with Gasteiger partial charge in [-0.05, 0) is 25.0 Å². The second-order valence-electron chi connectivity index (χ2n) is 4.78. The number of carbonyl (C=O) groups is 1. The summed E-state index contributed by atoms with van der Waals surface area (Å²) in [4.78, 5) is 16.1. The smallest absolute Gasteiger partial charge is 0.159 e. The summed E-state index contributed by atoms with van der Waals surface area (Å²) in [6, 6.07) is 5.59. The summed E-state index contributed by atoms with van der Waals surface area (Å²) >= 11 is 0. The Bertz CT molecular complexity index is 604. The van der Waals surface area contributed by atoms with Crippen LogP contribution >= 0.6 is 0 Å². The van der Waals surface area contributed by atoms with Crippen LogP contribution in [0.25, 0.3) is 5.65 Å². The Morgan fingerprint density at radius 2 is 2.32 bits per heavy atom. The van der Waals surface area contributed by atoms with Gasteiger partial charge in [-0.2, -0.15) is 4.52 Å². The van der Waals surface area contributed by atoms with E-state index in [1.165, 1.54) is 0 Å². The number of fused-ring (bicyclic) bond motifs is 1. The molecule has 6 nitrogen and oxygen atoms in total. The number of pyridine rings is 1. The van der Waals surface area contributed by atoms with Gasteiger partial charge in [-0.1, -0.05) is 6.07 Å². The lowest BCUT2D eigenvalue weighted by Crippen LogP contribution is -2.10. The summed E-state index contributed by atoms with van der Waals surface area (Å²) in [5.41, 5.74) is 0.710. The molecule has 19 heavy (non-hydrogen) atoms. The van der Waals surface area contributed by atoms with Crippen LogP contribution in [0.1, 0.15) is 18.7 Å². The van der Waals surface area contributed by atoms with Gasteiger partial charge in [0.05, 0.1) is 13.0 Å². The van der Waals surface area contributed by atoms with E-state index in [0.29, 0.717) is 24.4 Å². The molecule has 0 amide bonds. The molecule has 100 valence electrons. The van der Waals surface area contributed by atoms with E-state index in [9.17, 15) is 4.79 Å². The largest absolute Gasteiger partial charge is 0.395 e. The van der Waals surface area contributed by atoms with Crippen LogP contribution in [-0.4, -0.2) is 38.6 Å². The lowest BCUT2D eigenvalue weighted by Gasteiger charge is -2.05. The maximum atomic E-state index is 11.8. The van der Waals surface area contributed by atoms with E-state index in [-0.39, 0.29) is 18.3 Å². The Kier molecular flexibility index (Phi) is 3.16. The van der Waals surface area contributed by atoms with Gasteiger partial charge in [-0.15, -0.1) is 5.10 Å². The van der Waals surface area contributed by atoms with Gasteiger partial charge in [0.25, 0.3) is 0 Å². The van der Waals surface area contributed by atoms with Crippen LogP contribution in [0, 0.1) is 5.92 Å². The van der Waals surface area contributed by atoms with Gasteiger partial charge in [0, 0.05) is 12.5 Å². The standard InChI is InChI=1S/C13H16N4O2/c18-7-6-14-12-2-1-3-13-15-11(16-17(12)13)8-10(19)9-4-5-9/h1-3,9,14,18H,4-8H2. The van der Waals surface area contributed by atoms with E-state index < -0.39 is 0 Å². The third-order valence-electron chi connectivity index (χ3n) is 3.19. The van der Waals surface area contributed by atoms with E-state index in [1.807, 2.05) is 18.2 Å². The molecule has 1 aliphatic rings. The number of ketones is 1. The highest BCUT2D eigenvalue weighted by Gasteiger charge is 2.30. The molecule has 2 aromatic rings. The molecule has 2 heterocycles. The molecule has 1 aliphatic carbocycles. The minimum atomic E-state index is 0.0537. The van der Waals surface area contributed by atoms with Gasteiger partial charge in [-0.3, -0.25) is 4.79 Å². The minimum Gasteiger partial charge on any atom is -0.395 e. The van der Waals surface area contributed by atoms with Gasteiger partial charge in [-0.25, -0.2) is 4.98 Å². The number of nitrogens with zero attached hydrogens (tertiary/aromatic N) is 3. The monoisotopic (exact) mass is 260 g/mol. The van der Waals surface area contributed by atoms with Crippen LogP contribution in [0.3, 0.4) is 0 Å². The normalized spacial score (nSPS) is 14.8. The third kappa shape index (κ3) is 2.58. The molecule has 0 aromatic carbocycles. The maximum absolute atomic E-state index is 11.8. The first-order valence-corrected chi connectivity index (χ1v) is 6.50. The number of aliphatic hydroxyl groups excluding tert-OH is 1. The molecule has 0 atom stereocenters. The predicted molar refractivity (Wildman–Crippen MR) is 70.0 cm³/mol. The number of anilines is 1. The zero-order valence-corrected chi connectivity index (χ0v) is 10.5. The van der Waals surface area contributed by atoms with Gasteiger partial charge < -0.3 is 10.4 Å². The van der Waals surface area contributed by atoms with Crippen molar-refractivity contribution in [2.45, 2.75) is 19.3 Å². The van der Waals surface area contributed by atoms with E-state index in [2.05, 4.69) is 15.4 Å². The molecule has 0 saturated heterocycles. The number of rotatable bonds is 6. The summed E-state index contributed by atoms with van der Waals surface area (Å²) in [6.45, 7) is 0.507. The fraction of sp³-hybridized carbons (Fsp3) is 0.462. The molecule has 1 fully saturated rings. The number of aliphatic hydroxyl groups is 1. The summed E-state index contributed by atoms with van der Waals surface area (Å²) in [5, 5.41) is 16.3. The number of carbonyl (C=O) groups excluding carboxylic acids is 1. The number of nitrogens with one attached hydrogen (secondary N) is 1. The minimum absolute atomic E-state index is 0.0537. The maximum Gasteiger partial charge on any atom is 0.159 e. The number of hydrogen-bond acceptors (Lipinski definition) is 5. The van der Waals surface area contributed by atoms with Crippen molar-refractivity contribution in [3.8, 4) is 0 Å². The lowest BCUT2D eigenvalue weighted by molar-refractivity contribution is -0.119. The van der Waals surface area contributed by atoms with Crippen molar-refractivity contribution in [2.75, 3.05) is 18.5 Å². The average molecular weight is 260 g/mol. The molecule has 2 aromatic heterocycles. The van der Waals surface area contributed by atoms with Crippen LogP contribution in [0.4, 0.5) is 5.82 Å². The quantitative estimate of drug-likeness (QED) is 0.797. The van der Waals surface area contributed by atoms with Crippen LogP contribution in [-0.2, 0) is 11.2 Å². The predicted octanol–water partition coefficient (Wildman–Crippen LogP) is 0.655. The Hall–Kier alpha value is -1.95. The fourth-order valence-electron chi connectivity index (χ4n) is 2.05. The van der Waals surface area contributed by atoms with Gasteiger partial charge >= 0.3 is 0 Å². The zero-order valence-electron chi connectivity index (χ0n) is 10.5. The van der Waals surface area contributed by atoms with Gasteiger partial charge in [0.2, 0.25) is 0 Å². The van der Waals surface area contributed by atoms with Crippen molar-refractivity contribution in [1.29, 1.82) is 0 Å². The van der Waals surface area contributed by atoms with E-state index in [0.717, 1.165) is 18.7 Å². The second kappa shape index (κ2) is 4.97. The van der Waals surface area contributed by atoms with Crippen LogP contribution in [0.2, 0.25) is 0 Å². The first-order valence-electron chi connectivity index (χ1n) is 6.50. The molecule has 2 N–H and O–H groups in total. The number of Topliss-reactive ketones (excluding diaryl/α,β-unsaturated/α-hetero) is 1. The van der Waals surface area contributed by atoms with Crippen molar-refractivity contribution in [3.63, 3.8) is 0 Å². The Morgan fingerprint density at radius 3 is 3.05 bits per heavy atom. The van der Waals surface area contributed by atoms with Crippen LogP contribution in [0.5, 0.6) is 0 Å².